The molecule has 0 saturated heterocycles. The average Bonchev–Trinajstić information content (AvgIpc) is 3.08. The number of hydrogen-bond acceptors (Lipinski definition) is 1. The quantitative estimate of drug-likeness (QED) is 0.662. The largest absolute Gasteiger partial charge is 0.294 e. The van der Waals surface area contributed by atoms with Crippen molar-refractivity contribution in [1.29, 1.82) is 0 Å². The second-order valence-corrected chi connectivity index (χ2v) is 7.80. The fraction of sp³-hybridized carbons (Fsp3) is 0.650. The molecule has 1 aromatic rings. The lowest BCUT2D eigenvalue weighted by atomic mass is 9.80. The Balaban J connectivity index is 1.92. The van der Waals surface area contributed by atoms with Gasteiger partial charge in [-0.3, -0.25) is 4.79 Å². The fourth-order valence-electron chi connectivity index (χ4n) is 4.41. The second-order valence-electron chi connectivity index (χ2n) is 7.80. The molecule has 114 valence electrons. The summed E-state index contributed by atoms with van der Waals surface area (Å²) in [6.07, 6.45) is 5.09. The Hall–Kier alpha value is -1.11. The van der Waals surface area contributed by atoms with Crippen molar-refractivity contribution in [3.8, 4) is 0 Å². The minimum absolute atomic E-state index is 0.311. The molecule has 0 aliphatic heterocycles. The van der Waals surface area contributed by atoms with Crippen LogP contribution in [0.15, 0.2) is 18.2 Å². The van der Waals surface area contributed by atoms with Gasteiger partial charge in [0.1, 0.15) is 0 Å². The van der Waals surface area contributed by atoms with E-state index in [1.54, 1.807) is 0 Å². The van der Waals surface area contributed by atoms with Gasteiger partial charge < -0.3 is 0 Å². The van der Waals surface area contributed by atoms with Crippen LogP contribution in [0.4, 0.5) is 0 Å². The number of ketones is 1. The summed E-state index contributed by atoms with van der Waals surface area (Å²) in [4.78, 5) is 13.0. The van der Waals surface area contributed by atoms with Crippen molar-refractivity contribution in [3.63, 3.8) is 0 Å². The van der Waals surface area contributed by atoms with Gasteiger partial charge in [-0.05, 0) is 54.1 Å². The van der Waals surface area contributed by atoms with Gasteiger partial charge >= 0.3 is 0 Å². The summed E-state index contributed by atoms with van der Waals surface area (Å²) in [6.45, 7) is 8.85. The molecule has 0 amide bonds. The Kier molecular flexibility index (Phi) is 3.94. The highest BCUT2D eigenvalue weighted by molar-refractivity contribution is 5.99. The summed E-state index contributed by atoms with van der Waals surface area (Å²) in [7, 11) is 0. The Morgan fingerprint density at radius 3 is 2.33 bits per heavy atom. The summed E-state index contributed by atoms with van der Waals surface area (Å²) in [6, 6.07) is 6.55. The Labute approximate surface area is 129 Å². The van der Waals surface area contributed by atoms with E-state index in [-0.39, 0.29) is 0 Å². The van der Waals surface area contributed by atoms with E-state index in [1.165, 1.54) is 30.4 Å². The van der Waals surface area contributed by atoms with Crippen molar-refractivity contribution in [3.05, 3.63) is 34.9 Å². The number of carbonyl (C=O) groups excluding carboxylic acids is 1. The maximum atomic E-state index is 13.0. The minimum Gasteiger partial charge on any atom is -0.294 e. The molecule has 0 radical (unpaired) electrons. The standard InChI is InChI=1S/C20H28O/c1-12(2)15-7-8-17(18(11-15)13(3)4)20(21)19-10-14-5-6-16(19)9-14/h7-8,11-14,16,19H,5-6,9-10H2,1-4H3. The van der Waals surface area contributed by atoms with E-state index in [2.05, 4.69) is 45.9 Å². The average molecular weight is 284 g/mol. The van der Waals surface area contributed by atoms with Crippen molar-refractivity contribution in [2.45, 2.75) is 65.2 Å². The molecule has 0 spiro atoms. The van der Waals surface area contributed by atoms with Crippen LogP contribution < -0.4 is 0 Å². The molecule has 21 heavy (non-hydrogen) atoms. The molecule has 1 aromatic carbocycles. The molecule has 1 heteroatoms. The topological polar surface area (TPSA) is 17.1 Å². The van der Waals surface area contributed by atoms with E-state index in [0.717, 1.165) is 17.9 Å². The lowest BCUT2D eigenvalue weighted by Gasteiger charge is -2.23. The molecule has 2 aliphatic carbocycles. The van der Waals surface area contributed by atoms with E-state index < -0.39 is 0 Å². The van der Waals surface area contributed by atoms with Gasteiger partial charge in [0.2, 0.25) is 0 Å². The maximum Gasteiger partial charge on any atom is 0.166 e. The number of fused-ring (bicyclic) bond motifs is 2. The number of rotatable bonds is 4. The normalized spacial score (nSPS) is 27.8. The van der Waals surface area contributed by atoms with Gasteiger partial charge in [-0.15, -0.1) is 0 Å². The molecular weight excluding hydrogens is 256 g/mol. The smallest absolute Gasteiger partial charge is 0.166 e. The zero-order chi connectivity index (χ0) is 15.1. The third kappa shape index (κ3) is 2.67. The lowest BCUT2D eigenvalue weighted by Crippen LogP contribution is -2.22. The number of Topliss-reactive ketones (excluding diaryl/α,β-unsaturated/α-hetero) is 1. The molecular formula is C20H28O. The molecule has 0 N–H and O–H groups in total. The third-order valence-electron chi connectivity index (χ3n) is 5.70. The Bertz CT molecular complexity index is 541. The number of carbonyl (C=O) groups is 1. The summed E-state index contributed by atoms with van der Waals surface area (Å²) < 4.78 is 0. The van der Waals surface area contributed by atoms with Crippen LogP contribution in [0.5, 0.6) is 0 Å². The summed E-state index contributed by atoms with van der Waals surface area (Å²) in [5, 5.41) is 0. The fourth-order valence-corrected chi connectivity index (χ4v) is 4.41. The van der Waals surface area contributed by atoms with Crippen LogP contribution >= 0.6 is 0 Å². The van der Waals surface area contributed by atoms with Crippen LogP contribution in [0.25, 0.3) is 0 Å². The molecule has 2 aliphatic rings. The van der Waals surface area contributed by atoms with Crippen LogP contribution in [0.1, 0.15) is 86.7 Å². The molecule has 0 heterocycles. The van der Waals surface area contributed by atoms with E-state index in [1.807, 2.05) is 0 Å². The second kappa shape index (κ2) is 5.59. The summed E-state index contributed by atoms with van der Waals surface area (Å²) in [5.74, 6) is 3.19. The first-order valence-corrected chi connectivity index (χ1v) is 8.65. The molecule has 3 unspecified atom stereocenters. The van der Waals surface area contributed by atoms with Crippen LogP contribution in [-0.4, -0.2) is 5.78 Å². The molecule has 2 bridgehead atoms. The van der Waals surface area contributed by atoms with Gasteiger partial charge in [-0.1, -0.05) is 52.3 Å². The monoisotopic (exact) mass is 284 g/mol. The van der Waals surface area contributed by atoms with Gasteiger partial charge in [0, 0.05) is 11.5 Å². The van der Waals surface area contributed by atoms with Gasteiger partial charge in [0.05, 0.1) is 0 Å². The third-order valence-corrected chi connectivity index (χ3v) is 5.70. The zero-order valence-electron chi connectivity index (χ0n) is 13.9. The highest BCUT2D eigenvalue weighted by atomic mass is 16.1. The van der Waals surface area contributed by atoms with Gasteiger partial charge in [-0.25, -0.2) is 0 Å². The first-order valence-electron chi connectivity index (χ1n) is 8.65. The van der Waals surface area contributed by atoms with Crippen LogP contribution in [0.3, 0.4) is 0 Å². The van der Waals surface area contributed by atoms with Crippen molar-refractivity contribution in [1.82, 2.24) is 0 Å². The molecule has 3 rings (SSSR count). The molecule has 0 aromatic heterocycles. The number of benzene rings is 1. The van der Waals surface area contributed by atoms with E-state index in [4.69, 9.17) is 0 Å². The van der Waals surface area contributed by atoms with Crippen LogP contribution in [-0.2, 0) is 0 Å². The van der Waals surface area contributed by atoms with E-state index >= 15 is 0 Å². The molecule has 1 nitrogen and oxygen atoms in total. The molecule has 3 atom stereocenters. The van der Waals surface area contributed by atoms with Crippen molar-refractivity contribution < 1.29 is 4.79 Å². The van der Waals surface area contributed by atoms with Crippen LogP contribution in [0, 0.1) is 17.8 Å². The van der Waals surface area contributed by atoms with Gasteiger partial charge in [-0.2, -0.15) is 0 Å². The predicted octanol–water partition coefficient (Wildman–Crippen LogP) is 5.55. The van der Waals surface area contributed by atoms with Crippen molar-refractivity contribution in [2.24, 2.45) is 17.8 Å². The summed E-state index contributed by atoms with van der Waals surface area (Å²) >= 11 is 0. The number of hydrogen-bond donors (Lipinski definition) is 0. The van der Waals surface area contributed by atoms with Crippen molar-refractivity contribution in [2.75, 3.05) is 0 Å². The lowest BCUT2D eigenvalue weighted by molar-refractivity contribution is 0.0873. The first-order chi connectivity index (χ1) is 9.97. The Morgan fingerprint density at radius 2 is 1.81 bits per heavy atom. The van der Waals surface area contributed by atoms with Crippen molar-refractivity contribution >= 4 is 5.78 Å². The van der Waals surface area contributed by atoms with Crippen LogP contribution in [0.2, 0.25) is 0 Å². The van der Waals surface area contributed by atoms with E-state index in [9.17, 15) is 4.79 Å². The van der Waals surface area contributed by atoms with E-state index in [0.29, 0.717) is 29.5 Å². The minimum atomic E-state index is 0.311. The predicted molar refractivity (Wildman–Crippen MR) is 87.9 cm³/mol. The summed E-state index contributed by atoms with van der Waals surface area (Å²) in [5.41, 5.74) is 3.61. The SMILES string of the molecule is CC(C)c1ccc(C(=O)C2CC3CCC2C3)c(C(C)C)c1. The zero-order valence-corrected chi connectivity index (χ0v) is 13.9. The highest BCUT2D eigenvalue weighted by Crippen LogP contribution is 2.49. The Morgan fingerprint density at radius 1 is 1.05 bits per heavy atom. The van der Waals surface area contributed by atoms with Gasteiger partial charge in [0.25, 0.3) is 0 Å². The molecule has 2 saturated carbocycles. The van der Waals surface area contributed by atoms with Gasteiger partial charge in [0.15, 0.2) is 5.78 Å². The maximum absolute atomic E-state index is 13.0. The molecule has 2 fully saturated rings. The first kappa shape index (κ1) is 14.8. The highest BCUT2D eigenvalue weighted by Gasteiger charge is 2.43.